The Bertz CT molecular complexity index is 1140. The summed E-state index contributed by atoms with van der Waals surface area (Å²) in [7, 11) is -5.72. The summed E-state index contributed by atoms with van der Waals surface area (Å²) in [6.07, 6.45) is 0.432. The fraction of sp³-hybridized carbons (Fsp3) is 0.526. The monoisotopic (exact) mass is 440 g/mol. The van der Waals surface area contributed by atoms with Crippen molar-refractivity contribution in [1.82, 2.24) is 18.4 Å². The maximum Gasteiger partial charge on any atom is 0.246 e. The van der Waals surface area contributed by atoms with Gasteiger partial charge in [0, 0.05) is 33.2 Å². The number of hydrogen-bond donors (Lipinski definition) is 0. The molecule has 1 aromatic heterocycles. The van der Waals surface area contributed by atoms with Crippen LogP contribution in [-0.4, -0.2) is 61.4 Å². The van der Waals surface area contributed by atoms with Gasteiger partial charge in [0.1, 0.15) is 4.90 Å². The van der Waals surface area contributed by atoms with Crippen molar-refractivity contribution in [2.24, 2.45) is 7.05 Å². The van der Waals surface area contributed by atoms with Gasteiger partial charge in [0.2, 0.25) is 20.0 Å². The van der Waals surface area contributed by atoms with E-state index in [9.17, 15) is 16.8 Å². The maximum atomic E-state index is 13.2. The lowest BCUT2D eigenvalue weighted by Crippen LogP contribution is -2.37. The Labute approximate surface area is 173 Å². The third-order valence-electron chi connectivity index (χ3n) is 5.42. The van der Waals surface area contributed by atoms with Crippen molar-refractivity contribution < 1.29 is 16.8 Å². The first-order valence-corrected chi connectivity index (χ1v) is 12.4. The Morgan fingerprint density at radius 3 is 2.00 bits per heavy atom. The van der Waals surface area contributed by atoms with Gasteiger partial charge in [-0.25, -0.2) is 16.8 Å². The molecule has 1 fully saturated rings. The fourth-order valence-corrected chi connectivity index (χ4v) is 7.38. The molecule has 2 heterocycles. The molecule has 0 N–H and O–H groups in total. The topological polar surface area (TPSA) is 92.6 Å². The SMILES string of the molecule is Cc1ccc(C)c(S(=O)(=O)N2CCCN(S(=O)(=O)c3c(C)nn(C)c3C)CC2)c1. The standard InChI is InChI=1S/C19H28N4O4S2/c1-14-7-8-15(2)18(13-14)28(24,25)22-9-6-10-23(12-11-22)29(26,27)19-16(3)20-21(5)17(19)4/h7-8,13H,6,9-12H2,1-5H3. The average Bonchev–Trinajstić information content (AvgIpc) is 2.82. The van der Waals surface area contributed by atoms with Crippen LogP contribution < -0.4 is 0 Å². The van der Waals surface area contributed by atoms with Gasteiger partial charge in [-0.15, -0.1) is 0 Å². The number of aromatic nitrogens is 2. The number of nitrogens with zero attached hydrogens (tertiary/aromatic N) is 4. The molecule has 0 bridgehead atoms. The molecule has 1 aliphatic rings. The number of aryl methyl sites for hydroxylation is 4. The van der Waals surface area contributed by atoms with Crippen molar-refractivity contribution in [1.29, 1.82) is 0 Å². The molecule has 3 rings (SSSR count). The van der Waals surface area contributed by atoms with Crippen molar-refractivity contribution in [3.8, 4) is 0 Å². The molecule has 0 spiro atoms. The van der Waals surface area contributed by atoms with Gasteiger partial charge in [-0.3, -0.25) is 4.68 Å². The highest BCUT2D eigenvalue weighted by atomic mass is 32.2. The Kier molecular flexibility index (Phi) is 5.92. The van der Waals surface area contributed by atoms with E-state index in [1.807, 2.05) is 13.0 Å². The first kappa shape index (κ1) is 21.9. The lowest BCUT2D eigenvalue weighted by molar-refractivity contribution is 0.404. The molecular formula is C19H28N4O4S2. The van der Waals surface area contributed by atoms with Crippen LogP contribution in [0, 0.1) is 27.7 Å². The smallest absolute Gasteiger partial charge is 0.246 e. The molecule has 0 amide bonds. The predicted octanol–water partition coefficient (Wildman–Crippen LogP) is 1.74. The van der Waals surface area contributed by atoms with Crippen LogP contribution in [0.3, 0.4) is 0 Å². The van der Waals surface area contributed by atoms with Crippen LogP contribution in [-0.2, 0) is 27.1 Å². The maximum absolute atomic E-state index is 13.2. The van der Waals surface area contributed by atoms with E-state index in [4.69, 9.17) is 0 Å². The normalized spacial score (nSPS) is 17.4. The Morgan fingerprint density at radius 1 is 0.862 bits per heavy atom. The molecule has 0 aliphatic carbocycles. The molecule has 10 heteroatoms. The zero-order valence-corrected chi connectivity index (χ0v) is 19.1. The Hall–Kier alpha value is -1.75. The van der Waals surface area contributed by atoms with Crippen LogP contribution in [0.15, 0.2) is 28.0 Å². The minimum absolute atomic E-state index is 0.111. The van der Waals surface area contributed by atoms with Gasteiger partial charge in [-0.2, -0.15) is 13.7 Å². The van der Waals surface area contributed by atoms with Crippen molar-refractivity contribution in [3.63, 3.8) is 0 Å². The first-order chi connectivity index (χ1) is 13.5. The van der Waals surface area contributed by atoms with E-state index in [-0.39, 0.29) is 36.0 Å². The van der Waals surface area contributed by atoms with Gasteiger partial charge in [-0.05, 0) is 51.3 Å². The van der Waals surface area contributed by atoms with Crippen molar-refractivity contribution >= 4 is 20.0 Å². The number of rotatable bonds is 4. The summed E-state index contributed by atoms with van der Waals surface area (Å²) < 4.78 is 57.2. The minimum Gasteiger partial charge on any atom is -0.271 e. The van der Waals surface area contributed by atoms with Gasteiger partial charge in [0.15, 0.2) is 0 Å². The van der Waals surface area contributed by atoms with Gasteiger partial charge in [0.25, 0.3) is 0 Å². The summed E-state index contributed by atoms with van der Waals surface area (Å²) >= 11 is 0. The lowest BCUT2D eigenvalue weighted by atomic mass is 10.2. The van der Waals surface area contributed by atoms with Crippen LogP contribution in [0.4, 0.5) is 0 Å². The highest BCUT2D eigenvalue weighted by Gasteiger charge is 2.34. The second kappa shape index (κ2) is 7.82. The summed E-state index contributed by atoms with van der Waals surface area (Å²) in [5.74, 6) is 0. The molecule has 8 nitrogen and oxygen atoms in total. The molecule has 0 radical (unpaired) electrons. The zero-order valence-electron chi connectivity index (χ0n) is 17.5. The molecule has 29 heavy (non-hydrogen) atoms. The van der Waals surface area contributed by atoms with Crippen LogP contribution >= 0.6 is 0 Å². The zero-order chi connectivity index (χ0) is 21.6. The largest absolute Gasteiger partial charge is 0.271 e. The van der Waals surface area contributed by atoms with E-state index in [0.29, 0.717) is 23.4 Å². The van der Waals surface area contributed by atoms with E-state index < -0.39 is 20.0 Å². The fourth-order valence-electron chi connectivity index (χ4n) is 3.73. The minimum atomic E-state index is -3.75. The summed E-state index contributed by atoms with van der Waals surface area (Å²) in [5.41, 5.74) is 2.59. The van der Waals surface area contributed by atoms with E-state index in [2.05, 4.69) is 5.10 Å². The molecular weight excluding hydrogens is 412 g/mol. The molecule has 1 aromatic carbocycles. The van der Waals surface area contributed by atoms with Gasteiger partial charge in [-0.1, -0.05) is 12.1 Å². The Balaban J connectivity index is 1.88. The van der Waals surface area contributed by atoms with E-state index in [1.54, 1.807) is 44.6 Å². The Morgan fingerprint density at radius 2 is 1.45 bits per heavy atom. The van der Waals surface area contributed by atoms with Gasteiger partial charge < -0.3 is 0 Å². The van der Waals surface area contributed by atoms with Crippen LogP contribution in [0.1, 0.15) is 28.9 Å². The second-order valence-corrected chi connectivity index (χ2v) is 11.3. The van der Waals surface area contributed by atoms with Crippen LogP contribution in [0.25, 0.3) is 0 Å². The summed E-state index contributed by atoms with van der Waals surface area (Å²) in [6.45, 7) is 7.81. The summed E-state index contributed by atoms with van der Waals surface area (Å²) in [5, 5.41) is 4.21. The molecule has 0 saturated carbocycles. The number of sulfonamides is 2. The first-order valence-electron chi connectivity index (χ1n) is 9.54. The molecule has 1 saturated heterocycles. The average molecular weight is 441 g/mol. The van der Waals surface area contributed by atoms with Crippen LogP contribution in [0.5, 0.6) is 0 Å². The van der Waals surface area contributed by atoms with Crippen molar-refractivity contribution in [2.45, 2.75) is 43.9 Å². The van der Waals surface area contributed by atoms with Gasteiger partial charge in [0.05, 0.1) is 16.3 Å². The van der Waals surface area contributed by atoms with Crippen molar-refractivity contribution in [2.75, 3.05) is 26.2 Å². The van der Waals surface area contributed by atoms with E-state index in [0.717, 1.165) is 5.56 Å². The highest BCUT2D eigenvalue weighted by molar-refractivity contribution is 7.89. The quantitative estimate of drug-likeness (QED) is 0.722. The molecule has 0 unspecified atom stereocenters. The highest BCUT2D eigenvalue weighted by Crippen LogP contribution is 2.26. The van der Waals surface area contributed by atoms with E-state index >= 15 is 0 Å². The summed E-state index contributed by atoms with van der Waals surface area (Å²) in [4.78, 5) is 0.499. The summed E-state index contributed by atoms with van der Waals surface area (Å²) in [6, 6.07) is 5.35. The van der Waals surface area contributed by atoms with Gasteiger partial charge >= 0.3 is 0 Å². The predicted molar refractivity (Wildman–Crippen MR) is 111 cm³/mol. The third kappa shape index (κ3) is 3.98. The van der Waals surface area contributed by atoms with Crippen molar-refractivity contribution in [3.05, 3.63) is 40.7 Å². The lowest BCUT2D eigenvalue weighted by Gasteiger charge is -2.22. The third-order valence-corrected chi connectivity index (χ3v) is 9.61. The molecule has 2 aromatic rings. The van der Waals surface area contributed by atoms with E-state index in [1.165, 1.54) is 8.61 Å². The molecule has 0 atom stereocenters. The van der Waals surface area contributed by atoms with Crippen LogP contribution in [0.2, 0.25) is 0 Å². The number of hydrogen-bond acceptors (Lipinski definition) is 5. The number of benzene rings is 1. The molecule has 1 aliphatic heterocycles. The second-order valence-electron chi connectivity index (χ2n) is 7.55. The molecule has 160 valence electrons.